The molecule has 3 aromatic rings. The Kier molecular flexibility index (Phi) is 7.19. The Labute approximate surface area is 190 Å². The number of anilines is 1. The molecular formula is C23H25FN4OS2. The number of carbonyl (C=O) groups is 1. The van der Waals surface area contributed by atoms with Crippen molar-refractivity contribution in [3.05, 3.63) is 71.5 Å². The molecule has 4 rings (SSSR count). The van der Waals surface area contributed by atoms with Gasteiger partial charge < -0.3 is 10.2 Å². The second-order valence-electron chi connectivity index (χ2n) is 7.73. The minimum atomic E-state index is -0.250. The minimum absolute atomic E-state index is 0.129. The summed E-state index contributed by atoms with van der Waals surface area (Å²) in [4.78, 5) is 15.1. The van der Waals surface area contributed by atoms with Crippen LogP contribution in [0, 0.1) is 11.7 Å². The van der Waals surface area contributed by atoms with Gasteiger partial charge in [0, 0.05) is 19.1 Å². The molecule has 1 unspecified atom stereocenters. The van der Waals surface area contributed by atoms with E-state index in [1.54, 1.807) is 12.1 Å². The van der Waals surface area contributed by atoms with Gasteiger partial charge in [0.25, 0.3) is 0 Å². The molecule has 5 nitrogen and oxygen atoms in total. The number of benzene rings is 2. The molecule has 0 saturated heterocycles. The number of hydrogen-bond donors (Lipinski definition) is 1. The van der Waals surface area contributed by atoms with E-state index in [0.717, 1.165) is 15.5 Å². The zero-order valence-corrected chi connectivity index (χ0v) is 19.0. The molecule has 0 aliphatic heterocycles. The monoisotopic (exact) mass is 456 g/mol. The van der Waals surface area contributed by atoms with E-state index in [1.807, 2.05) is 23.1 Å². The Morgan fingerprint density at radius 3 is 2.61 bits per heavy atom. The average molecular weight is 457 g/mol. The molecule has 1 saturated carbocycles. The van der Waals surface area contributed by atoms with Crippen molar-refractivity contribution in [3.8, 4) is 0 Å². The maximum Gasteiger partial charge on any atom is 0.233 e. The Morgan fingerprint density at radius 2 is 1.90 bits per heavy atom. The number of aromatic nitrogens is 2. The second kappa shape index (κ2) is 10.2. The fourth-order valence-electron chi connectivity index (χ4n) is 3.40. The van der Waals surface area contributed by atoms with Crippen molar-refractivity contribution in [1.82, 2.24) is 15.1 Å². The first kappa shape index (κ1) is 21.8. The lowest BCUT2D eigenvalue weighted by atomic mass is 10.1. The van der Waals surface area contributed by atoms with E-state index < -0.39 is 0 Å². The minimum Gasteiger partial charge on any atom is -0.356 e. The summed E-state index contributed by atoms with van der Waals surface area (Å²) in [6.45, 7) is 3.34. The van der Waals surface area contributed by atoms with Crippen molar-refractivity contribution in [2.45, 2.75) is 43.2 Å². The van der Waals surface area contributed by atoms with Crippen molar-refractivity contribution in [2.24, 2.45) is 5.92 Å². The summed E-state index contributed by atoms with van der Waals surface area (Å²) in [5, 5.41) is 12.2. The second-order valence-corrected chi connectivity index (χ2v) is 9.93. The van der Waals surface area contributed by atoms with Crippen molar-refractivity contribution >= 4 is 34.1 Å². The van der Waals surface area contributed by atoms with Crippen LogP contribution in [0.3, 0.4) is 0 Å². The zero-order chi connectivity index (χ0) is 21.6. The lowest BCUT2D eigenvalue weighted by Gasteiger charge is -2.29. The first-order valence-electron chi connectivity index (χ1n) is 10.4. The van der Waals surface area contributed by atoms with E-state index in [-0.39, 0.29) is 17.8 Å². The number of nitrogens with zero attached hydrogens (tertiary/aromatic N) is 3. The Bertz CT molecular complexity index is 992. The van der Waals surface area contributed by atoms with Gasteiger partial charge in [0.05, 0.1) is 5.75 Å². The van der Waals surface area contributed by atoms with Crippen LogP contribution >= 0.6 is 23.1 Å². The molecule has 1 aromatic heterocycles. The number of rotatable bonds is 10. The number of nitrogens with one attached hydrogen (secondary N) is 1. The normalized spacial score (nSPS) is 14.3. The van der Waals surface area contributed by atoms with E-state index in [1.165, 1.54) is 48.1 Å². The fourth-order valence-corrected chi connectivity index (χ4v) is 5.03. The van der Waals surface area contributed by atoms with E-state index in [2.05, 4.69) is 34.6 Å². The number of thioether (sulfide) groups is 1. The van der Waals surface area contributed by atoms with Crippen LogP contribution in [0.2, 0.25) is 0 Å². The van der Waals surface area contributed by atoms with Crippen LogP contribution in [0.15, 0.2) is 58.9 Å². The van der Waals surface area contributed by atoms with E-state index in [4.69, 9.17) is 0 Å². The summed E-state index contributed by atoms with van der Waals surface area (Å²) in [6, 6.07) is 16.7. The first-order valence-corrected chi connectivity index (χ1v) is 12.2. The summed E-state index contributed by atoms with van der Waals surface area (Å²) in [6.07, 6.45) is 2.40. The summed E-state index contributed by atoms with van der Waals surface area (Å²) < 4.78 is 13.8. The van der Waals surface area contributed by atoms with E-state index in [0.29, 0.717) is 29.9 Å². The van der Waals surface area contributed by atoms with Crippen LogP contribution < -0.4 is 5.32 Å². The van der Waals surface area contributed by atoms with Gasteiger partial charge in [-0.1, -0.05) is 65.6 Å². The highest BCUT2D eigenvalue weighted by Gasteiger charge is 2.34. The van der Waals surface area contributed by atoms with E-state index in [9.17, 15) is 9.18 Å². The van der Waals surface area contributed by atoms with E-state index >= 15 is 0 Å². The molecule has 1 amide bonds. The highest BCUT2D eigenvalue weighted by Crippen LogP contribution is 2.36. The summed E-state index contributed by atoms with van der Waals surface area (Å²) in [5.74, 6) is 0.835. The average Bonchev–Trinajstić information content (AvgIpc) is 3.55. The third-order valence-electron chi connectivity index (χ3n) is 5.39. The standard InChI is InChI=1S/C23H25FN4OS2/c1-16(19-9-10-19)28(14-18-5-3-2-4-6-18)21(29)15-30-23-27-26-22(31-23)25-13-17-7-11-20(24)12-8-17/h2-8,11-12,16,19H,9-10,13-15H2,1H3,(H,25,26). The molecular weight excluding hydrogens is 431 g/mol. The Balaban J connectivity index is 1.31. The fraction of sp³-hybridized carbons (Fsp3) is 0.348. The molecule has 0 radical (unpaired) electrons. The summed E-state index contributed by atoms with van der Waals surface area (Å²) >= 11 is 2.85. The van der Waals surface area contributed by atoms with Crippen LogP contribution in [0.4, 0.5) is 9.52 Å². The van der Waals surface area contributed by atoms with Gasteiger partial charge in [0.1, 0.15) is 5.82 Å². The van der Waals surface area contributed by atoms with Gasteiger partial charge in [-0.2, -0.15) is 0 Å². The molecule has 1 atom stereocenters. The molecule has 1 fully saturated rings. The third-order valence-corrected chi connectivity index (χ3v) is 7.39. The zero-order valence-electron chi connectivity index (χ0n) is 17.3. The van der Waals surface area contributed by atoms with Gasteiger partial charge in [-0.25, -0.2) is 4.39 Å². The molecule has 1 N–H and O–H groups in total. The first-order chi connectivity index (χ1) is 15.1. The SMILES string of the molecule is CC(C1CC1)N(Cc1ccccc1)C(=O)CSc1nnc(NCc2ccc(F)cc2)s1. The van der Waals surface area contributed by atoms with Gasteiger partial charge >= 0.3 is 0 Å². The smallest absolute Gasteiger partial charge is 0.233 e. The highest BCUT2D eigenvalue weighted by molar-refractivity contribution is 8.01. The van der Waals surface area contributed by atoms with Gasteiger partial charge in [0.2, 0.25) is 11.0 Å². The number of hydrogen-bond acceptors (Lipinski definition) is 6. The molecule has 8 heteroatoms. The van der Waals surface area contributed by atoms with Crippen LogP contribution in [0.25, 0.3) is 0 Å². The predicted molar refractivity (Wildman–Crippen MR) is 124 cm³/mol. The molecule has 31 heavy (non-hydrogen) atoms. The summed E-state index contributed by atoms with van der Waals surface area (Å²) in [7, 11) is 0. The molecule has 0 bridgehead atoms. The Hall–Kier alpha value is -2.45. The Morgan fingerprint density at radius 1 is 1.16 bits per heavy atom. The highest BCUT2D eigenvalue weighted by atomic mass is 32.2. The van der Waals surface area contributed by atoms with Crippen molar-refractivity contribution in [1.29, 1.82) is 0 Å². The lowest BCUT2D eigenvalue weighted by molar-refractivity contribution is -0.131. The molecule has 1 aliphatic rings. The molecule has 0 spiro atoms. The van der Waals surface area contributed by atoms with Crippen LogP contribution in [-0.2, 0) is 17.9 Å². The largest absolute Gasteiger partial charge is 0.356 e. The molecule has 162 valence electrons. The quantitative estimate of drug-likeness (QED) is 0.425. The maximum atomic E-state index is 13.1. The van der Waals surface area contributed by atoms with Gasteiger partial charge in [-0.15, -0.1) is 10.2 Å². The topological polar surface area (TPSA) is 58.1 Å². The van der Waals surface area contributed by atoms with Gasteiger partial charge in [0.15, 0.2) is 4.34 Å². The van der Waals surface area contributed by atoms with Crippen LogP contribution in [0.5, 0.6) is 0 Å². The summed E-state index contributed by atoms with van der Waals surface area (Å²) in [5.41, 5.74) is 2.11. The van der Waals surface area contributed by atoms with Crippen LogP contribution in [0.1, 0.15) is 30.9 Å². The molecule has 1 heterocycles. The number of amides is 1. The van der Waals surface area contributed by atoms with Gasteiger partial charge in [-0.05, 0) is 48.9 Å². The molecule has 2 aromatic carbocycles. The predicted octanol–water partition coefficient (Wildman–Crippen LogP) is 5.21. The van der Waals surface area contributed by atoms with Crippen molar-refractivity contribution < 1.29 is 9.18 Å². The number of halogens is 1. The lowest BCUT2D eigenvalue weighted by Crippen LogP contribution is -2.40. The number of carbonyl (C=O) groups excluding carboxylic acids is 1. The maximum absolute atomic E-state index is 13.1. The van der Waals surface area contributed by atoms with Crippen molar-refractivity contribution in [3.63, 3.8) is 0 Å². The molecule has 1 aliphatic carbocycles. The van der Waals surface area contributed by atoms with Crippen molar-refractivity contribution in [2.75, 3.05) is 11.1 Å². The third kappa shape index (κ3) is 6.27. The van der Waals surface area contributed by atoms with Crippen LogP contribution in [-0.4, -0.2) is 32.8 Å². The van der Waals surface area contributed by atoms with Gasteiger partial charge in [-0.3, -0.25) is 4.79 Å².